The van der Waals surface area contributed by atoms with Gasteiger partial charge in [0.2, 0.25) is 5.91 Å². The van der Waals surface area contributed by atoms with Gasteiger partial charge >= 0.3 is 0 Å². The van der Waals surface area contributed by atoms with Gasteiger partial charge in [0.25, 0.3) is 0 Å². The third kappa shape index (κ3) is 3.35. The molecule has 1 aromatic heterocycles. The lowest BCUT2D eigenvalue weighted by atomic mass is 10.1. The van der Waals surface area contributed by atoms with Crippen molar-refractivity contribution in [2.75, 3.05) is 11.4 Å². The second-order valence-electron chi connectivity index (χ2n) is 7.52. The van der Waals surface area contributed by atoms with Crippen LogP contribution in [0.15, 0.2) is 72.8 Å². The Kier molecular flexibility index (Phi) is 4.75. The van der Waals surface area contributed by atoms with Gasteiger partial charge in [0, 0.05) is 29.6 Å². The normalized spacial score (nSPS) is 16.5. The molecular weight excluding hydrogens is 401 g/mol. The van der Waals surface area contributed by atoms with Crippen LogP contribution in [0.3, 0.4) is 0 Å². The molecule has 1 aliphatic rings. The summed E-state index contributed by atoms with van der Waals surface area (Å²) in [7, 11) is 0. The van der Waals surface area contributed by atoms with Gasteiger partial charge in [0.15, 0.2) is 0 Å². The number of hydrogen-bond acceptors (Lipinski definition) is 2. The van der Waals surface area contributed by atoms with Crippen LogP contribution in [-0.4, -0.2) is 22.0 Å². The van der Waals surface area contributed by atoms with Crippen molar-refractivity contribution in [3.8, 4) is 0 Å². The molecule has 150 valence electrons. The molecule has 1 fully saturated rings. The van der Waals surface area contributed by atoms with Crippen molar-refractivity contribution in [2.24, 2.45) is 0 Å². The minimum atomic E-state index is -0.352. The summed E-state index contributed by atoms with van der Waals surface area (Å²) in [6.45, 7) is 1.04. The Balaban J connectivity index is 1.54. The molecule has 2 heterocycles. The van der Waals surface area contributed by atoms with Gasteiger partial charge in [-0.05, 0) is 42.0 Å². The molecule has 0 aliphatic carbocycles. The van der Waals surface area contributed by atoms with E-state index in [1.807, 2.05) is 48.5 Å². The average molecular weight is 420 g/mol. The number of carbonyl (C=O) groups excluding carboxylic acids is 1. The Morgan fingerprint density at radius 1 is 1.03 bits per heavy atom. The van der Waals surface area contributed by atoms with Crippen molar-refractivity contribution >= 4 is 34.2 Å². The van der Waals surface area contributed by atoms with E-state index in [1.54, 1.807) is 17.0 Å². The molecule has 0 bridgehead atoms. The minimum absolute atomic E-state index is 0.0260. The topological polar surface area (TPSA) is 38.1 Å². The summed E-state index contributed by atoms with van der Waals surface area (Å²) in [4.78, 5) is 19.3. The van der Waals surface area contributed by atoms with E-state index >= 15 is 0 Å². The van der Waals surface area contributed by atoms with Gasteiger partial charge in [-0.25, -0.2) is 9.37 Å². The highest BCUT2D eigenvalue weighted by molar-refractivity contribution is 6.31. The second kappa shape index (κ2) is 7.58. The first-order valence-corrected chi connectivity index (χ1v) is 10.2. The number of imidazole rings is 1. The zero-order valence-corrected chi connectivity index (χ0v) is 16.9. The predicted octanol–water partition coefficient (Wildman–Crippen LogP) is 5.40. The maximum Gasteiger partial charge on any atom is 0.227 e. The van der Waals surface area contributed by atoms with E-state index in [-0.39, 0.29) is 17.6 Å². The van der Waals surface area contributed by atoms with Gasteiger partial charge in [-0.3, -0.25) is 4.79 Å². The number of rotatable bonds is 4. The molecule has 1 amide bonds. The fraction of sp³-hybridized carbons (Fsp3) is 0.167. The van der Waals surface area contributed by atoms with E-state index in [2.05, 4.69) is 4.57 Å². The van der Waals surface area contributed by atoms with E-state index < -0.39 is 0 Å². The summed E-state index contributed by atoms with van der Waals surface area (Å²) in [5, 5.41) is 0.699. The zero-order valence-electron chi connectivity index (χ0n) is 16.1. The van der Waals surface area contributed by atoms with Crippen molar-refractivity contribution in [1.29, 1.82) is 0 Å². The minimum Gasteiger partial charge on any atom is -0.323 e. The van der Waals surface area contributed by atoms with Crippen LogP contribution < -0.4 is 4.90 Å². The average Bonchev–Trinajstić information content (AvgIpc) is 3.30. The number of para-hydroxylation sites is 2. The van der Waals surface area contributed by atoms with Gasteiger partial charge in [0.1, 0.15) is 11.6 Å². The third-order valence-electron chi connectivity index (χ3n) is 5.58. The Bertz CT molecular complexity index is 1250. The summed E-state index contributed by atoms with van der Waals surface area (Å²) in [6, 6.07) is 21.8. The zero-order chi connectivity index (χ0) is 20.7. The lowest BCUT2D eigenvalue weighted by Crippen LogP contribution is -2.24. The van der Waals surface area contributed by atoms with Gasteiger partial charge in [-0.1, -0.05) is 48.0 Å². The smallest absolute Gasteiger partial charge is 0.227 e. The Labute approximate surface area is 178 Å². The van der Waals surface area contributed by atoms with E-state index in [0.717, 1.165) is 22.4 Å². The van der Waals surface area contributed by atoms with Crippen LogP contribution in [0.1, 0.15) is 23.7 Å². The summed E-state index contributed by atoms with van der Waals surface area (Å²) < 4.78 is 15.8. The molecule has 1 atom stereocenters. The van der Waals surface area contributed by atoms with Crippen molar-refractivity contribution in [2.45, 2.75) is 18.9 Å². The van der Waals surface area contributed by atoms with Gasteiger partial charge in [-0.15, -0.1) is 0 Å². The summed E-state index contributed by atoms with van der Waals surface area (Å²) in [6.07, 6.45) is 0.336. The monoisotopic (exact) mass is 419 g/mol. The molecule has 0 spiro atoms. The van der Waals surface area contributed by atoms with Crippen LogP contribution in [-0.2, 0) is 11.3 Å². The van der Waals surface area contributed by atoms with Crippen molar-refractivity contribution in [1.82, 2.24) is 9.55 Å². The van der Waals surface area contributed by atoms with Crippen LogP contribution in [0.4, 0.5) is 10.1 Å². The van der Waals surface area contributed by atoms with Crippen molar-refractivity contribution < 1.29 is 9.18 Å². The molecule has 30 heavy (non-hydrogen) atoms. The van der Waals surface area contributed by atoms with Crippen molar-refractivity contribution in [3.05, 3.63) is 95.0 Å². The number of hydrogen-bond donors (Lipinski definition) is 0. The highest BCUT2D eigenvalue weighted by Gasteiger charge is 2.35. The van der Waals surface area contributed by atoms with E-state index in [0.29, 0.717) is 30.2 Å². The fourth-order valence-electron chi connectivity index (χ4n) is 4.14. The number of halogens is 2. The first-order chi connectivity index (χ1) is 14.6. The van der Waals surface area contributed by atoms with Crippen molar-refractivity contribution in [3.63, 3.8) is 0 Å². The van der Waals surface area contributed by atoms with E-state index in [4.69, 9.17) is 16.6 Å². The van der Waals surface area contributed by atoms with E-state index in [9.17, 15) is 9.18 Å². The largest absolute Gasteiger partial charge is 0.323 e. The predicted molar refractivity (Wildman–Crippen MR) is 116 cm³/mol. The number of fused-ring (bicyclic) bond motifs is 1. The fourth-order valence-corrected chi connectivity index (χ4v) is 4.34. The molecule has 1 saturated heterocycles. The summed E-state index contributed by atoms with van der Waals surface area (Å²) in [5.41, 5.74) is 3.46. The molecule has 0 radical (unpaired) electrons. The molecule has 5 rings (SSSR count). The lowest BCUT2D eigenvalue weighted by molar-refractivity contribution is -0.117. The highest BCUT2D eigenvalue weighted by Crippen LogP contribution is 2.34. The Hall–Kier alpha value is -3.18. The van der Waals surface area contributed by atoms with Crippen LogP contribution in [0.25, 0.3) is 11.0 Å². The number of anilines is 1. The molecule has 4 nitrogen and oxygen atoms in total. The third-order valence-corrected chi connectivity index (χ3v) is 5.95. The quantitative estimate of drug-likeness (QED) is 0.444. The number of carbonyl (C=O) groups is 1. The number of nitrogens with zero attached hydrogens (tertiary/aromatic N) is 3. The Morgan fingerprint density at radius 3 is 2.67 bits per heavy atom. The molecule has 6 heteroatoms. The van der Waals surface area contributed by atoms with Gasteiger partial charge < -0.3 is 9.47 Å². The van der Waals surface area contributed by atoms with Gasteiger partial charge in [0.05, 0.1) is 17.6 Å². The molecule has 4 aromatic rings. The molecule has 0 N–H and O–H groups in total. The van der Waals surface area contributed by atoms with Crippen LogP contribution in [0.5, 0.6) is 0 Å². The SMILES string of the molecule is O=C1CC(c2nc3ccccc3n2Cc2ccccc2Cl)CN1c1cccc(F)c1. The first-order valence-electron chi connectivity index (χ1n) is 9.84. The lowest BCUT2D eigenvalue weighted by Gasteiger charge is -2.18. The van der Waals surface area contributed by atoms with Crippen LogP contribution in [0.2, 0.25) is 5.02 Å². The molecule has 1 aliphatic heterocycles. The second-order valence-corrected chi connectivity index (χ2v) is 7.93. The molecule has 3 aromatic carbocycles. The number of aromatic nitrogens is 2. The maximum absolute atomic E-state index is 13.7. The summed E-state index contributed by atoms with van der Waals surface area (Å²) in [5.74, 6) is 0.385. The highest BCUT2D eigenvalue weighted by atomic mass is 35.5. The van der Waals surface area contributed by atoms with Crippen LogP contribution >= 0.6 is 11.6 Å². The molecule has 1 unspecified atom stereocenters. The first kappa shape index (κ1) is 18.8. The number of benzene rings is 3. The maximum atomic E-state index is 13.7. The molecular formula is C24H19ClFN3O. The number of amides is 1. The standard InChI is InChI=1S/C24H19ClFN3O/c25-20-9-2-1-6-16(20)14-29-22-11-4-3-10-21(22)27-24(29)17-12-23(30)28(15-17)19-8-5-7-18(26)13-19/h1-11,13,17H,12,14-15H2. The summed E-state index contributed by atoms with van der Waals surface area (Å²) >= 11 is 6.41. The Morgan fingerprint density at radius 2 is 1.83 bits per heavy atom. The van der Waals surface area contributed by atoms with Crippen LogP contribution in [0, 0.1) is 5.82 Å². The molecule has 0 saturated carbocycles. The van der Waals surface area contributed by atoms with Gasteiger partial charge in [-0.2, -0.15) is 0 Å². The van der Waals surface area contributed by atoms with E-state index in [1.165, 1.54) is 12.1 Å².